The Morgan fingerprint density at radius 1 is 1.21 bits per heavy atom. The summed E-state index contributed by atoms with van der Waals surface area (Å²) in [6.45, 7) is 0.136. The van der Waals surface area contributed by atoms with Crippen molar-refractivity contribution >= 4 is 40.7 Å². The molecule has 4 rings (SSSR count). The number of carbonyl (C=O) groups is 3. The van der Waals surface area contributed by atoms with Crippen LogP contribution in [0.1, 0.15) is 41.6 Å². The average Bonchev–Trinajstić information content (AvgIpc) is 2.91. The molecule has 208 valence electrons. The molecule has 0 heterocycles. The van der Waals surface area contributed by atoms with Gasteiger partial charge in [0.1, 0.15) is 18.5 Å². The van der Waals surface area contributed by atoms with Crippen LogP contribution in [0.2, 0.25) is 0 Å². The van der Waals surface area contributed by atoms with E-state index in [1.165, 1.54) is 13.2 Å². The third-order valence-corrected chi connectivity index (χ3v) is 7.99. The molecule has 9 nitrogen and oxygen atoms in total. The van der Waals surface area contributed by atoms with Crippen LogP contribution in [-0.2, 0) is 16.1 Å². The molecule has 10 heteroatoms. The largest absolute Gasteiger partial charge is 0.493 e. The summed E-state index contributed by atoms with van der Waals surface area (Å²) in [7, 11) is 1.45. The van der Waals surface area contributed by atoms with Crippen molar-refractivity contribution in [3.8, 4) is 11.5 Å². The van der Waals surface area contributed by atoms with Crippen LogP contribution in [0.15, 0.2) is 54.1 Å². The van der Waals surface area contributed by atoms with Gasteiger partial charge >= 0.3 is 0 Å². The molecule has 0 aromatic heterocycles. The maximum Gasteiger partial charge on any atom is 0.247 e. The summed E-state index contributed by atoms with van der Waals surface area (Å²) in [5, 5.41) is 23.5. The highest BCUT2D eigenvalue weighted by molar-refractivity contribution is 14.1. The van der Waals surface area contributed by atoms with Gasteiger partial charge in [0.2, 0.25) is 11.8 Å². The number of hydrogen-bond acceptors (Lipinski definition) is 7. The quantitative estimate of drug-likeness (QED) is 0.253. The van der Waals surface area contributed by atoms with Gasteiger partial charge in [-0.05, 0) is 59.2 Å². The third kappa shape index (κ3) is 6.79. The standard InChI is InChI=1S/C29H33IN2O7/c1-38-25-13-19(17-34)12-22(30)27(25)39-24-15-21(28(36)31-10-11-33)14-23(26(24)35)32(29(37)20-8-5-9-20)16-18-6-3-2-4-7-18/h2-4,6-7,12-13,15,17,20,23-24,26,33,35H,5,8-11,14,16H2,1H3,(H,31,36)/t23-,24+,26+/m1/s1. The van der Waals surface area contributed by atoms with E-state index < -0.39 is 24.2 Å². The predicted molar refractivity (Wildman–Crippen MR) is 152 cm³/mol. The number of halogens is 1. The first-order chi connectivity index (χ1) is 18.9. The van der Waals surface area contributed by atoms with Gasteiger partial charge in [-0.1, -0.05) is 36.8 Å². The molecule has 0 unspecified atom stereocenters. The van der Waals surface area contributed by atoms with Gasteiger partial charge in [0, 0.05) is 36.6 Å². The number of carbonyl (C=O) groups excluding carboxylic acids is 3. The fourth-order valence-electron chi connectivity index (χ4n) is 4.87. The summed E-state index contributed by atoms with van der Waals surface area (Å²) in [5.74, 6) is 0.0647. The van der Waals surface area contributed by atoms with Gasteiger partial charge in [-0.15, -0.1) is 0 Å². The highest BCUT2D eigenvalue weighted by atomic mass is 127. The van der Waals surface area contributed by atoms with Gasteiger partial charge in [0.05, 0.1) is 23.3 Å². The van der Waals surface area contributed by atoms with Crippen LogP contribution >= 0.6 is 22.6 Å². The van der Waals surface area contributed by atoms with E-state index >= 15 is 0 Å². The molecule has 0 aliphatic heterocycles. The second kappa shape index (κ2) is 13.4. The van der Waals surface area contributed by atoms with Gasteiger partial charge in [0.25, 0.3) is 0 Å². The molecule has 0 spiro atoms. The molecule has 0 bridgehead atoms. The molecule has 2 amide bonds. The maximum atomic E-state index is 13.7. The molecular weight excluding hydrogens is 615 g/mol. The average molecular weight is 648 g/mol. The van der Waals surface area contributed by atoms with E-state index in [0.29, 0.717) is 32.5 Å². The first-order valence-corrected chi connectivity index (χ1v) is 14.1. The molecule has 0 saturated heterocycles. The molecule has 1 saturated carbocycles. The summed E-state index contributed by atoms with van der Waals surface area (Å²) in [6.07, 6.45) is 2.83. The molecule has 0 radical (unpaired) electrons. The lowest BCUT2D eigenvalue weighted by atomic mass is 9.82. The van der Waals surface area contributed by atoms with E-state index in [1.54, 1.807) is 17.0 Å². The SMILES string of the molecule is COc1cc(C=O)cc(I)c1O[C@H]1C=C(C(=O)NCCO)C[C@@H](N(Cc2ccccc2)C(=O)C2CCC2)[C@@H]1O. The second-order valence-electron chi connectivity index (χ2n) is 9.75. The lowest BCUT2D eigenvalue weighted by Gasteiger charge is -2.43. The van der Waals surface area contributed by atoms with E-state index in [9.17, 15) is 24.6 Å². The number of aliphatic hydroxyl groups is 2. The molecule has 2 aliphatic carbocycles. The number of nitrogens with zero attached hydrogens (tertiary/aromatic N) is 1. The lowest BCUT2D eigenvalue weighted by molar-refractivity contribution is -0.146. The Hall–Kier alpha value is -2.96. The monoisotopic (exact) mass is 648 g/mol. The molecule has 39 heavy (non-hydrogen) atoms. The number of methoxy groups -OCH3 is 1. The third-order valence-electron chi connectivity index (χ3n) is 7.19. The van der Waals surface area contributed by atoms with Crippen molar-refractivity contribution in [3.05, 3.63) is 68.8 Å². The Labute approximate surface area is 241 Å². The van der Waals surface area contributed by atoms with E-state index in [4.69, 9.17) is 9.47 Å². The van der Waals surface area contributed by atoms with Crippen molar-refractivity contribution < 1.29 is 34.1 Å². The van der Waals surface area contributed by atoms with Gasteiger partial charge in [0.15, 0.2) is 11.5 Å². The van der Waals surface area contributed by atoms with Crippen LogP contribution in [0, 0.1) is 9.49 Å². The van der Waals surface area contributed by atoms with Crippen LogP contribution in [0.5, 0.6) is 11.5 Å². The number of benzene rings is 2. The zero-order chi connectivity index (χ0) is 27.9. The second-order valence-corrected chi connectivity index (χ2v) is 10.9. The zero-order valence-electron chi connectivity index (χ0n) is 21.7. The van der Waals surface area contributed by atoms with Crippen molar-refractivity contribution in [2.45, 2.75) is 50.5 Å². The van der Waals surface area contributed by atoms with Crippen molar-refractivity contribution in [1.82, 2.24) is 10.2 Å². The number of aldehydes is 1. The normalized spacial score (nSPS) is 20.8. The van der Waals surface area contributed by atoms with E-state index in [2.05, 4.69) is 5.32 Å². The predicted octanol–water partition coefficient (Wildman–Crippen LogP) is 2.86. The number of rotatable bonds is 11. The first kappa shape index (κ1) is 29.0. The van der Waals surface area contributed by atoms with Crippen molar-refractivity contribution in [2.24, 2.45) is 5.92 Å². The Morgan fingerprint density at radius 3 is 2.56 bits per heavy atom. The van der Waals surface area contributed by atoms with Crippen molar-refractivity contribution in [2.75, 3.05) is 20.3 Å². The van der Waals surface area contributed by atoms with Gasteiger partial charge in [-0.25, -0.2) is 0 Å². The number of amides is 2. The Morgan fingerprint density at radius 2 is 1.95 bits per heavy atom. The van der Waals surface area contributed by atoms with Crippen molar-refractivity contribution in [1.29, 1.82) is 0 Å². The summed E-state index contributed by atoms with van der Waals surface area (Å²) in [4.78, 5) is 39.8. The fourth-order valence-corrected chi connectivity index (χ4v) is 5.62. The maximum absolute atomic E-state index is 13.7. The number of ether oxygens (including phenoxy) is 2. The van der Waals surface area contributed by atoms with Crippen LogP contribution in [0.4, 0.5) is 0 Å². The summed E-state index contributed by atoms with van der Waals surface area (Å²) in [5.41, 5.74) is 1.67. The van der Waals surface area contributed by atoms with E-state index in [-0.39, 0.29) is 37.9 Å². The molecular formula is C29H33IN2O7. The van der Waals surface area contributed by atoms with Crippen LogP contribution in [0.3, 0.4) is 0 Å². The topological polar surface area (TPSA) is 125 Å². The Bertz CT molecular complexity index is 1220. The minimum atomic E-state index is -1.15. The number of aliphatic hydroxyl groups excluding tert-OH is 2. The van der Waals surface area contributed by atoms with Crippen molar-refractivity contribution in [3.63, 3.8) is 0 Å². The minimum absolute atomic E-state index is 0.0487. The number of hydrogen-bond donors (Lipinski definition) is 3. The molecule has 2 aliphatic rings. The van der Waals surface area contributed by atoms with Gasteiger partial charge in [-0.2, -0.15) is 0 Å². The Balaban J connectivity index is 1.71. The van der Waals surface area contributed by atoms with Gasteiger partial charge in [-0.3, -0.25) is 14.4 Å². The van der Waals surface area contributed by atoms with Crippen LogP contribution in [-0.4, -0.2) is 71.7 Å². The minimum Gasteiger partial charge on any atom is -0.493 e. The molecule has 2 aromatic carbocycles. The summed E-state index contributed by atoms with van der Waals surface area (Å²) >= 11 is 2.03. The zero-order valence-corrected chi connectivity index (χ0v) is 23.9. The van der Waals surface area contributed by atoms with Crippen LogP contribution < -0.4 is 14.8 Å². The van der Waals surface area contributed by atoms with Crippen LogP contribution in [0.25, 0.3) is 0 Å². The smallest absolute Gasteiger partial charge is 0.247 e. The fraction of sp³-hybridized carbons (Fsp3) is 0.414. The van der Waals surface area contributed by atoms with Gasteiger partial charge < -0.3 is 29.9 Å². The molecule has 3 atom stereocenters. The number of nitrogens with one attached hydrogen (secondary N) is 1. The molecule has 3 N–H and O–H groups in total. The first-order valence-electron chi connectivity index (χ1n) is 13.0. The summed E-state index contributed by atoms with van der Waals surface area (Å²) in [6, 6.07) is 12.0. The van der Waals surface area contributed by atoms with E-state index in [1.807, 2.05) is 52.9 Å². The highest BCUT2D eigenvalue weighted by Crippen LogP contribution is 2.38. The Kier molecular flexibility index (Phi) is 9.98. The van der Waals surface area contributed by atoms with E-state index in [0.717, 1.165) is 24.8 Å². The lowest BCUT2D eigenvalue weighted by Crippen LogP contribution is -2.56. The molecule has 1 fully saturated rings. The molecule has 2 aromatic rings. The highest BCUT2D eigenvalue weighted by Gasteiger charge is 2.43. The summed E-state index contributed by atoms with van der Waals surface area (Å²) < 4.78 is 12.3.